The van der Waals surface area contributed by atoms with Crippen LogP contribution in [0.15, 0.2) is 0 Å². The molecular weight excluding hydrogens is 468 g/mol. The van der Waals surface area contributed by atoms with Crippen molar-refractivity contribution in [3.63, 3.8) is 0 Å². The number of carbonyl (C=O) groups is 1. The Morgan fingerprint density at radius 2 is 1.75 bits per heavy atom. The van der Waals surface area contributed by atoms with Crippen LogP contribution in [-0.4, -0.2) is 33.9 Å². The Kier molecular flexibility index (Phi) is 3.94. The summed E-state index contributed by atoms with van der Waals surface area (Å²) in [6.45, 7) is 0. The summed E-state index contributed by atoms with van der Waals surface area (Å²) in [6, 6.07) is 0. The maximum absolute atomic E-state index is 12.6. The van der Waals surface area contributed by atoms with Crippen LogP contribution in [0.1, 0.15) is 27.0 Å². The minimum absolute atomic E-state index is 0.00712. The van der Waals surface area contributed by atoms with Gasteiger partial charge in [0.2, 0.25) is 0 Å². The zero-order chi connectivity index (χ0) is 18.1. The average molecular weight is 478 g/mol. The van der Waals surface area contributed by atoms with Crippen LogP contribution in [0.25, 0.3) is 0 Å². The Balaban J connectivity index is 2.20. The van der Waals surface area contributed by atoms with Gasteiger partial charge in [-0.05, 0) is 28.2 Å². The zero-order valence-electron chi connectivity index (χ0n) is 12.3. The highest BCUT2D eigenvalue weighted by Gasteiger charge is 2.55. The fourth-order valence-corrected chi connectivity index (χ4v) is 4.43. The second-order valence-electron chi connectivity index (χ2n) is 5.27. The van der Waals surface area contributed by atoms with Crippen molar-refractivity contribution < 1.29 is 40.0 Å². The zero-order valence-corrected chi connectivity index (χ0v) is 15.3. The summed E-state index contributed by atoms with van der Waals surface area (Å²) in [5.41, 5.74) is -4.40. The lowest BCUT2D eigenvalue weighted by Crippen LogP contribution is -2.47. The van der Waals surface area contributed by atoms with Gasteiger partial charge in [0.25, 0.3) is 0 Å². The number of hydrogen-bond acceptors (Lipinski definition) is 6. The molecule has 0 N–H and O–H groups in total. The molecule has 2 aliphatic carbocycles. The largest absolute Gasteiger partial charge is 0.534 e. The summed E-state index contributed by atoms with van der Waals surface area (Å²) < 4.78 is 75.6. The minimum atomic E-state index is -5.82. The fraction of sp³-hybridized carbons (Fsp3) is 0.462. The molecule has 132 valence electrons. The van der Waals surface area contributed by atoms with Crippen molar-refractivity contribution >= 4 is 38.5 Å². The van der Waals surface area contributed by atoms with Crippen molar-refractivity contribution in [2.24, 2.45) is 0 Å². The molecule has 3 rings (SSSR count). The van der Waals surface area contributed by atoms with Crippen LogP contribution in [0.4, 0.5) is 13.2 Å². The number of alkyl halides is 3. The van der Waals surface area contributed by atoms with E-state index in [1.165, 1.54) is 14.2 Å². The first kappa shape index (κ1) is 17.9. The summed E-state index contributed by atoms with van der Waals surface area (Å²) in [7, 11) is -3.17. The van der Waals surface area contributed by atoms with E-state index in [4.69, 9.17) is 9.47 Å². The van der Waals surface area contributed by atoms with E-state index < -0.39 is 27.2 Å². The fourth-order valence-electron chi connectivity index (χ4n) is 2.89. The Bertz CT molecular complexity index is 858. The van der Waals surface area contributed by atoms with Gasteiger partial charge in [0.1, 0.15) is 0 Å². The van der Waals surface area contributed by atoms with Gasteiger partial charge < -0.3 is 13.7 Å². The minimum Gasteiger partial charge on any atom is -0.375 e. The Labute approximate surface area is 148 Å². The molecule has 0 fully saturated rings. The van der Waals surface area contributed by atoms with Crippen LogP contribution in [0, 0.1) is 3.57 Å². The van der Waals surface area contributed by atoms with Crippen LogP contribution in [-0.2, 0) is 38.2 Å². The summed E-state index contributed by atoms with van der Waals surface area (Å²) >= 11 is 1.68. The van der Waals surface area contributed by atoms with E-state index in [2.05, 4.69) is 4.18 Å². The monoisotopic (exact) mass is 478 g/mol. The van der Waals surface area contributed by atoms with E-state index in [1.807, 2.05) is 0 Å². The van der Waals surface area contributed by atoms with E-state index in [0.717, 1.165) is 0 Å². The van der Waals surface area contributed by atoms with Crippen molar-refractivity contribution in [2.45, 2.75) is 24.1 Å². The normalized spacial score (nSPS) is 18.3. The molecule has 11 heteroatoms. The molecule has 0 atom stereocenters. The predicted octanol–water partition coefficient (Wildman–Crippen LogP) is 2.26. The Morgan fingerprint density at radius 3 is 2.21 bits per heavy atom. The van der Waals surface area contributed by atoms with E-state index >= 15 is 0 Å². The van der Waals surface area contributed by atoms with Gasteiger partial charge in [-0.1, -0.05) is 0 Å². The third-order valence-electron chi connectivity index (χ3n) is 4.13. The number of benzene rings is 1. The highest BCUT2D eigenvalue weighted by Crippen LogP contribution is 2.54. The van der Waals surface area contributed by atoms with Crippen LogP contribution >= 0.6 is 22.6 Å². The first-order valence-electron chi connectivity index (χ1n) is 6.51. The van der Waals surface area contributed by atoms with Crippen LogP contribution < -0.4 is 4.18 Å². The van der Waals surface area contributed by atoms with Crippen LogP contribution in [0.3, 0.4) is 0 Å². The SMILES string of the molecule is COC1(OC)Cc2c(OS(=O)(=O)C(F)(F)F)c(I)c3c(c21)C(=O)C3. The van der Waals surface area contributed by atoms with Crippen molar-refractivity contribution in [1.82, 2.24) is 0 Å². The maximum Gasteiger partial charge on any atom is 0.534 e. The van der Waals surface area contributed by atoms with Gasteiger partial charge in [-0.3, -0.25) is 4.79 Å². The van der Waals surface area contributed by atoms with Gasteiger partial charge in [-0.25, -0.2) is 0 Å². The molecule has 0 amide bonds. The van der Waals surface area contributed by atoms with Crippen LogP contribution in [0.5, 0.6) is 5.75 Å². The maximum atomic E-state index is 12.6. The van der Waals surface area contributed by atoms with Crippen molar-refractivity contribution in [3.05, 3.63) is 25.8 Å². The average Bonchev–Trinajstić information content (AvgIpc) is 2.46. The molecule has 0 aromatic heterocycles. The molecule has 0 unspecified atom stereocenters. The molecule has 0 saturated carbocycles. The summed E-state index contributed by atoms with van der Waals surface area (Å²) in [5, 5.41) is 0. The highest BCUT2D eigenvalue weighted by atomic mass is 127. The standard InChI is InChI=1S/C13H10F3IO6S/c1-21-12(22-2)4-6-9(12)8-5(3-7(8)18)10(17)11(6)23-24(19,20)13(14,15)16/h3-4H2,1-2H3. The Morgan fingerprint density at radius 1 is 1.17 bits per heavy atom. The molecule has 1 aromatic rings. The topological polar surface area (TPSA) is 78.9 Å². The molecule has 0 aliphatic heterocycles. The lowest BCUT2D eigenvalue weighted by atomic mass is 9.70. The quantitative estimate of drug-likeness (QED) is 0.286. The molecule has 6 nitrogen and oxygen atoms in total. The van der Waals surface area contributed by atoms with Crippen molar-refractivity contribution in [1.29, 1.82) is 0 Å². The molecule has 0 saturated heterocycles. The van der Waals surface area contributed by atoms with Crippen LogP contribution in [0.2, 0.25) is 0 Å². The number of ether oxygens (including phenoxy) is 2. The number of carbonyl (C=O) groups excluding carboxylic acids is 1. The van der Waals surface area contributed by atoms with Gasteiger partial charge in [-0.15, -0.1) is 0 Å². The molecule has 0 bridgehead atoms. The number of fused-ring (bicyclic) bond motifs is 3. The number of hydrogen-bond donors (Lipinski definition) is 0. The molecule has 24 heavy (non-hydrogen) atoms. The summed E-state index contributed by atoms with van der Waals surface area (Å²) in [5.74, 6) is -1.92. The van der Waals surface area contributed by atoms with Crippen molar-refractivity contribution in [3.8, 4) is 5.75 Å². The van der Waals surface area contributed by atoms with E-state index in [-0.39, 0.29) is 33.3 Å². The number of rotatable bonds is 4. The first-order valence-corrected chi connectivity index (χ1v) is 8.99. The lowest BCUT2D eigenvalue weighted by Gasteiger charge is -2.45. The van der Waals surface area contributed by atoms with Gasteiger partial charge in [-0.2, -0.15) is 21.6 Å². The predicted molar refractivity (Wildman–Crippen MR) is 82.2 cm³/mol. The van der Waals surface area contributed by atoms with Gasteiger partial charge >= 0.3 is 15.6 Å². The van der Waals surface area contributed by atoms with Gasteiger partial charge in [0, 0.05) is 43.8 Å². The van der Waals surface area contributed by atoms with E-state index in [9.17, 15) is 26.4 Å². The third-order valence-corrected chi connectivity index (χ3v) is 6.23. The molecule has 0 heterocycles. The summed E-state index contributed by atoms with van der Waals surface area (Å²) in [4.78, 5) is 11.9. The molecule has 1 aromatic carbocycles. The number of methoxy groups -OCH3 is 2. The molecular formula is C13H10F3IO6S. The second kappa shape index (κ2) is 5.29. The third kappa shape index (κ3) is 2.21. The van der Waals surface area contributed by atoms with Crippen molar-refractivity contribution in [2.75, 3.05) is 14.2 Å². The Hall–Kier alpha value is -0.920. The second-order valence-corrected chi connectivity index (χ2v) is 7.89. The molecule has 2 aliphatic rings. The van der Waals surface area contributed by atoms with Gasteiger partial charge in [0.15, 0.2) is 17.3 Å². The van der Waals surface area contributed by atoms with E-state index in [1.54, 1.807) is 22.6 Å². The smallest absolute Gasteiger partial charge is 0.375 e. The van der Waals surface area contributed by atoms with Gasteiger partial charge in [0.05, 0.1) is 3.57 Å². The lowest BCUT2D eigenvalue weighted by molar-refractivity contribution is -0.231. The summed E-state index contributed by atoms with van der Waals surface area (Å²) in [6.07, 6.45) is -0.0403. The molecule has 0 radical (unpaired) electrons. The number of Topliss-reactive ketones (excluding diaryl/α,β-unsaturated/α-hetero) is 1. The highest BCUT2D eigenvalue weighted by molar-refractivity contribution is 14.1. The molecule has 0 spiro atoms. The number of halogens is 4. The number of ketones is 1. The van der Waals surface area contributed by atoms with E-state index in [0.29, 0.717) is 11.1 Å². The first-order chi connectivity index (χ1) is 11.0.